The van der Waals surface area contributed by atoms with E-state index < -0.39 is 19.8 Å². The minimum atomic E-state index is -0.806. The molecule has 0 spiro atoms. The zero-order valence-electron chi connectivity index (χ0n) is 11.4. The van der Waals surface area contributed by atoms with Crippen LogP contribution in [0.4, 0.5) is 0 Å². The quantitative estimate of drug-likeness (QED) is 0.879. The zero-order valence-corrected chi connectivity index (χ0v) is 12.3. The number of carboxylic acid groups (broad SMARTS) is 1. The fraction of sp³-hybridized carbons (Fsp3) is 0.0556. The third-order valence-corrected chi connectivity index (χ3v) is 6.01. The monoisotopic (exact) mass is 294 g/mol. The summed E-state index contributed by atoms with van der Waals surface area (Å²) >= 11 is 0. The van der Waals surface area contributed by atoms with Gasteiger partial charge in [0.25, 0.3) is 0 Å². The molecular formula is C18H15O2P. The van der Waals surface area contributed by atoms with Crippen molar-refractivity contribution in [3.05, 3.63) is 84.2 Å². The molecule has 104 valence electrons. The van der Waals surface area contributed by atoms with Gasteiger partial charge in [0, 0.05) is 0 Å². The Balaban J connectivity index is 2.08. The Morgan fingerprint density at radius 3 is 1.90 bits per heavy atom. The van der Waals surface area contributed by atoms with E-state index in [1.54, 1.807) is 6.08 Å². The highest BCUT2D eigenvalue weighted by atomic mass is 31.1. The number of allylic oxidation sites excluding steroid dienone is 2. The van der Waals surface area contributed by atoms with Crippen molar-refractivity contribution in [3.63, 3.8) is 0 Å². The van der Waals surface area contributed by atoms with Crippen LogP contribution in [-0.2, 0) is 4.79 Å². The first kappa shape index (κ1) is 13.8. The number of benzene rings is 2. The molecule has 21 heavy (non-hydrogen) atoms. The first-order valence-electron chi connectivity index (χ1n) is 6.79. The fourth-order valence-corrected chi connectivity index (χ4v) is 5.04. The molecule has 0 amide bonds. The van der Waals surface area contributed by atoms with Gasteiger partial charge in [0.15, 0.2) is 0 Å². The predicted molar refractivity (Wildman–Crippen MR) is 87.4 cm³/mol. The van der Waals surface area contributed by atoms with Gasteiger partial charge < -0.3 is 5.11 Å². The molecule has 1 unspecified atom stereocenters. The highest BCUT2D eigenvalue weighted by molar-refractivity contribution is 7.76. The molecule has 0 heterocycles. The Labute approximate surface area is 125 Å². The Kier molecular flexibility index (Phi) is 3.98. The largest absolute Gasteiger partial charge is 0.481 e. The summed E-state index contributed by atoms with van der Waals surface area (Å²) in [6, 6.07) is 20.3. The van der Waals surface area contributed by atoms with Gasteiger partial charge in [0.05, 0.1) is 0 Å². The molecule has 1 atom stereocenters. The van der Waals surface area contributed by atoms with E-state index in [0.717, 1.165) is 5.31 Å². The molecule has 0 saturated carbocycles. The van der Waals surface area contributed by atoms with Crippen LogP contribution in [0.2, 0.25) is 0 Å². The van der Waals surface area contributed by atoms with Crippen LogP contribution < -0.4 is 10.6 Å². The van der Waals surface area contributed by atoms with E-state index in [1.807, 2.05) is 48.6 Å². The number of aliphatic carboxylic acids is 1. The van der Waals surface area contributed by atoms with E-state index in [4.69, 9.17) is 0 Å². The summed E-state index contributed by atoms with van der Waals surface area (Å²) in [4.78, 5) is 11.5. The van der Waals surface area contributed by atoms with Crippen LogP contribution in [-0.4, -0.2) is 11.1 Å². The van der Waals surface area contributed by atoms with Crippen molar-refractivity contribution < 1.29 is 9.90 Å². The third kappa shape index (κ3) is 2.81. The van der Waals surface area contributed by atoms with Gasteiger partial charge >= 0.3 is 5.97 Å². The highest BCUT2D eigenvalue weighted by Gasteiger charge is 2.30. The van der Waals surface area contributed by atoms with Crippen LogP contribution in [0.15, 0.2) is 84.2 Å². The Bertz CT molecular complexity index is 650. The van der Waals surface area contributed by atoms with Gasteiger partial charge in [0.2, 0.25) is 0 Å². The molecule has 0 radical (unpaired) electrons. The second kappa shape index (κ2) is 6.07. The average molecular weight is 294 g/mol. The van der Waals surface area contributed by atoms with Crippen molar-refractivity contribution in [1.29, 1.82) is 0 Å². The summed E-state index contributed by atoms with van der Waals surface area (Å²) in [5.41, 5.74) is 0. The van der Waals surface area contributed by atoms with Gasteiger partial charge in [-0.15, -0.1) is 0 Å². The lowest BCUT2D eigenvalue weighted by Crippen LogP contribution is -2.19. The molecule has 1 aliphatic carbocycles. The van der Waals surface area contributed by atoms with Crippen LogP contribution in [0.25, 0.3) is 0 Å². The Hall–Kier alpha value is -2.18. The molecule has 0 saturated heterocycles. The smallest absolute Gasteiger partial charge is 0.314 e. The van der Waals surface area contributed by atoms with Crippen molar-refractivity contribution in [3.8, 4) is 0 Å². The van der Waals surface area contributed by atoms with Gasteiger partial charge in [-0.05, 0) is 23.8 Å². The summed E-state index contributed by atoms with van der Waals surface area (Å²) in [7, 11) is -0.806. The van der Waals surface area contributed by atoms with E-state index in [2.05, 4.69) is 24.3 Å². The molecule has 3 rings (SSSR count). The molecule has 2 aromatic rings. The highest BCUT2D eigenvalue weighted by Crippen LogP contribution is 2.48. The Morgan fingerprint density at radius 1 is 0.905 bits per heavy atom. The lowest BCUT2D eigenvalue weighted by Gasteiger charge is -2.23. The summed E-state index contributed by atoms with van der Waals surface area (Å²) in [6.45, 7) is 0. The van der Waals surface area contributed by atoms with E-state index in [9.17, 15) is 9.90 Å². The maximum Gasteiger partial charge on any atom is 0.314 e. The van der Waals surface area contributed by atoms with Crippen molar-refractivity contribution in [2.24, 2.45) is 5.92 Å². The minimum Gasteiger partial charge on any atom is -0.481 e. The maximum atomic E-state index is 11.5. The number of rotatable bonds is 4. The SMILES string of the molecule is O=C(O)C1C=CC=C1P(c1ccccc1)c1ccccc1. The average Bonchev–Trinajstić information content (AvgIpc) is 2.99. The van der Waals surface area contributed by atoms with Gasteiger partial charge in [-0.3, -0.25) is 4.79 Å². The Morgan fingerprint density at radius 2 is 1.43 bits per heavy atom. The first-order valence-corrected chi connectivity index (χ1v) is 8.13. The van der Waals surface area contributed by atoms with Gasteiger partial charge in [-0.1, -0.05) is 78.9 Å². The second-order valence-electron chi connectivity index (χ2n) is 4.80. The summed E-state index contributed by atoms with van der Waals surface area (Å²) in [5, 5.41) is 12.8. The van der Waals surface area contributed by atoms with Crippen LogP contribution in [0.1, 0.15) is 0 Å². The molecule has 3 heteroatoms. The van der Waals surface area contributed by atoms with E-state index in [-0.39, 0.29) is 0 Å². The van der Waals surface area contributed by atoms with E-state index in [0.29, 0.717) is 0 Å². The van der Waals surface area contributed by atoms with E-state index in [1.165, 1.54) is 10.6 Å². The molecule has 0 fully saturated rings. The fourth-order valence-electron chi connectivity index (χ4n) is 2.49. The second-order valence-corrected chi connectivity index (χ2v) is 7.02. The topological polar surface area (TPSA) is 37.3 Å². The predicted octanol–water partition coefficient (Wildman–Crippen LogP) is 3.27. The molecule has 1 aliphatic rings. The van der Waals surface area contributed by atoms with Crippen molar-refractivity contribution in [1.82, 2.24) is 0 Å². The molecular weight excluding hydrogens is 279 g/mol. The van der Waals surface area contributed by atoms with Gasteiger partial charge in [0.1, 0.15) is 5.92 Å². The standard InChI is InChI=1S/C18H15O2P/c19-18(20)16-12-7-13-17(16)21(14-8-3-1-4-9-14)15-10-5-2-6-11-15/h1-13,16H,(H,19,20). The van der Waals surface area contributed by atoms with Crippen molar-refractivity contribution in [2.45, 2.75) is 0 Å². The first-order chi connectivity index (χ1) is 10.3. The molecule has 0 bridgehead atoms. The van der Waals surface area contributed by atoms with Crippen LogP contribution in [0.3, 0.4) is 0 Å². The third-order valence-electron chi connectivity index (χ3n) is 3.44. The number of carboxylic acids is 1. The molecule has 2 aromatic carbocycles. The van der Waals surface area contributed by atoms with Crippen molar-refractivity contribution >= 4 is 24.5 Å². The molecule has 0 aliphatic heterocycles. The van der Waals surface area contributed by atoms with Crippen molar-refractivity contribution in [2.75, 3.05) is 0 Å². The summed E-state index contributed by atoms with van der Waals surface area (Å²) < 4.78 is 0. The van der Waals surface area contributed by atoms with E-state index >= 15 is 0 Å². The maximum absolute atomic E-state index is 11.5. The van der Waals surface area contributed by atoms with Crippen LogP contribution in [0.5, 0.6) is 0 Å². The number of hydrogen-bond donors (Lipinski definition) is 1. The molecule has 0 aromatic heterocycles. The molecule has 1 N–H and O–H groups in total. The van der Waals surface area contributed by atoms with Gasteiger partial charge in [-0.25, -0.2) is 0 Å². The minimum absolute atomic E-state index is 0.517. The van der Waals surface area contributed by atoms with Crippen LogP contribution in [0, 0.1) is 5.92 Å². The zero-order chi connectivity index (χ0) is 14.7. The summed E-state index contributed by atoms with van der Waals surface area (Å²) in [5.74, 6) is -1.30. The molecule has 2 nitrogen and oxygen atoms in total. The lowest BCUT2D eigenvalue weighted by molar-refractivity contribution is -0.138. The summed E-state index contributed by atoms with van der Waals surface area (Å²) in [6.07, 6.45) is 5.58. The normalized spacial score (nSPS) is 17.0. The number of carbonyl (C=O) groups is 1. The lowest BCUT2D eigenvalue weighted by atomic mass is 10.2. The number of hydrogen-bond acceptors (Lipinski definition) is 1. The van der Waals surface area contributed by atoms with Crippen LogP contribution >= 0.6 is 7.92 Å². The van der Waals surface area contributed by atoms with Gasteiger partial charge in [-0.2, -0.15) is 0 Å².